The van der Waals surface area contributed by atoms with Crippen LogP contribution in [0.5, 0.6) is 0 Å². The summed E-state index contributed by atoms with van der Waals surface area (Å²) >= 11 is 9.64. The molecule has 1 heterocycles. The first-order chi connectivity index (χ1) is 10.1. The Labute approximate surface area is 139 Å². The third kappa shape index (κ3) is 3.87. The highest BCUT2D eigenvalue weighted by Gasteiger charge is 2.16. The fourth-order valence-corrected chi connectivity index (χ4v) is 3.45. The summed E-state index contributed by atoms with van der Waals surface area (Å²) in [6.45, 7) is 5.16. The van der Waals surface area contributed by atoms with Crippen LogP contribution in [-0.4, -0.2) is 16.8 Å². The van der Waals surface area contributed by atoms with Gasteiger partial charge < -0.3 is 5.32 Å². The Hall–Kier alpha value is -0.840. The summed E-state index contributed by atoms with van der Waals surface area (Å²) in [6.07, 6.45) is 1.87. The quantitative estimate of drug-likeness (QED) is 0.817. The van der Waals surface area contributed by atoms with Crippen LogP contribution in [0.4, 0.5) is 0 Å². The number of aromatic nitrogens is 2. The molecule has 1 aromatic carbocycles. The molecule has 1 unspecified atom stereocenters. The van der Waals surface area contributed by atoms with Gasteiger partial charge in [0.15, 0.2) is 0 Å². The van der Waals surface area contributed by atoms with Gasteiger partial charge in [0.25, 0.3) is 0 Å². The second-order valence-electron chi connectivity index (χ2n) is 5.01. The monoisotopic (exact) mass is 369 g/mol. The number of nitrogens with zero attached hydrogens (tertiary/aromatic N) is 2. The second kappa shape index (κ2) is 7.43. The highest BCUT2D eigenvalue weighted by molar-refractivity contribution is 9.10. The fourth-order valence-electron chi connectivity index (χ4n) is 2.49. The van der Waals surface area contributed by atoms with E-state index in [0.29, 0.717) is 0 Å². The normalized spacial score (nSPS) is 12.6. The number of hydrogen-bond donors (Lipinski definition) is 1. The third-order valence-electron chi connectivity index (χ3n) is 3.68. The van der Waals surface area contributed by atoms with Gasteiger partial charge in [0, 0.05) is 34.2 Å². The Morgan fingerprint density at radius 1 is 1.33 bits per heavy atom. The van der Waals surface area contributed by atoms with Crippen molar-refractivity contribution in [2.24, 2.45) is 0 Å². The lowest BCUT2D eigenvalue weighted by molar-refractivity contribution is 0.539. The lowest BCUT2D eigenvalue weighted by Gasteiger charge is -2.19. The second-order valence-corrected chi connectivity index (χ2v) is 6.30. The van der Waals surface area contributed by atoms with Crippen LogP contribution in [0.3, 0.4) is 0 Å². The molecule has 5 heteroatoms. The van der Waals surface area contributed by atoms with Gasteiger partial charge >= 0.3 is 0 Å². The van der Waals surface area contributed by atoms with Crippen molar-refractivity contribution >= 4 is 27.5 Å². The van der Waals surface area contributed by atoms with Crippen molar-refractivity contribution in [3.63, 3.8) is 0 Å². The molecule has 2 aromatic rings. The smallest absolute Gasteiger partial charge is 0.0624 e. The van der Waals surface area contributed by atoms with Crippen molar-refractivity contribution in [1.82, 2.24) is 15.1 Å². The number of hydrogen-bond acceptors (Lipinski definition) is 2. The molecule has 0 amide bonds. The van der Waals surface area contributed by atoms with Crippen molar-refractivity contribution in [3.8, 4) is 0 Å². The Morgan fingerprint density at radius 2 is 2.10 bits per heavy atom. The molecule has 21 heavy (non-hydrogen) atoms. The molecule has 0 spiro atoms. The van der Waals surface area contributed by atoms with Gasteiger partial charge in [-0.2, -0.15) is 5.10 Å². The third-order valence-corrected chi connectivity index (χ3v) is 4.60. The van der Waals surface area contributed by atoms with Crippen LogP contribution in [0.15, 0.2) is 28.7 Å². The molecule has 3 nitrogen and oxygen atoms in total. The SMILES string of the molecule is CCc1cc(CC(NC)c2ccc(Cl)cc2Br)n(CC)n1. The number of halogens is 2. The van der Waals surface area contributed by atoms with E-state index in [4.69, 9.17) is 11.6 Å². The average Bonchev–Trinajstić information content (AvgIpc) is 2.87. The first-order valence-corrected chi connectivity index (χ1v) is 8.43. The van der Waals surface area contributed by atoms with Gasteiger partial charge in [-0.1, -0.05) is 40.5 Å². The molecule has 0 bridgehead atoms. The molecule has 0 saturated carbocycles. The summed E-state index contributed by atoms with van der Waals surface area (Å²) in [5.74, 6) is 0. The van der Waals surface area contributed by atoms with Gasteiger partial charge in [0.1, 0.15) is 0 Å². The molecule has 0 saturated heterocycles. The summed E-state index contributed by atoms with van der Waals surface area (Å²) in [6, 6.07) is 8.37. The molecule has 0 aliphatic carbocycles. The Bertz CT molecular complexity index is 610. The Morgan fingerprint density at radius 3 is 2.67 bits per heavy atom. The standard InChI is InChI=1S/C16H21BrClN3/c1-4-12-9-13(21(5-2)20-12)10-16(19-3)14-7-6-11(18)8-15(14)17/h6-9,16,19H,4-5,10H2,1-3H3. The number of benzene rings is 1. The first-order valence-electron chi connectivity index (χ1n) is 7.26. The van der Waals surface area contributed by atoms with Crippen LogP contribution in [0.25, 0.3) is 0 Å². The van der Waals surface area contributed by atoms with Crippen molar-refractivity contribution < 1.29 is 0 Å². The highest BCUT2D eigenvalue weighted by Crippen LogP contribution is 2.28. The number of aryl methyl sites for hydroxylation is 2. The van der Waals surface area contributed by atoms with E-state index in [9.17, 15) is 0 Å². The fraction of sp³-hybridized carbons (Fsp3) is 0.438. The van der Waals surface area contributed by atoms with E-state index >= 15 is 0 Å². The average molecular weight is 371 g/mol. The largest absolute Gasteiger partial charge is 0.313 e. The van der Waals surface area contributed by atoms with E-state index in [1.807, 2.05) is 19.2 Å². The predicted octanol–water partition coefficient (Wildman–Crippen LogP) is 4.38. The minimum atomic E-state index is 0.225. The zero-order valence-corrected chi connectivity index (χ0v) is 15.0. The van der Waals surface area contributed by atoms with Crippen LogP contribution in [-0.2, 0) is 19.4 Å². The van der Waals surface area contributed by atoms with E-state index in [0.717, 1.165) is 34.6 Å². The van der Waals surface area contributed by atoms with Gasteiger partial charge in [-0.15, -0.1) is 0 Å². The summed E-state index contributed by atoms with van der Waals surface area (Å²) in [5, 5.41) is 8.76. The molecule has 0 radical (unpaired) electrons. The van der Waals surface area contributed by atoms with Crippen molar-refractivity contribution in [2.45, 2.75) is 39.3 Å². The molecule has 1 atom stereocenters. The zero-order chi connectivity index (χ0) is 15.4. The topological polar surface area (TPSA) is 29.9 Å². The maximum absolute atomic E-state index is 6.03. The molecule has 1 N–H and O–H groups in total. The van der Waals surface area contributed by atoms with Crippen LogP contribution >= 0.6 is 27.5 Å². The van der Waals surface area contributed by atoms with E-state index in [1.165, 1.54) is 11.3 Å². The van der Waals surface area contributed by atoms with Gasteiger partial charge in [0.2, 0.25) is 0 Å². The maximum atomic E-state index is 6.03. The van der Waals surface area contributed by atoms with E-state index in [1.54, 1.807) is 0 Å². The molecule has 2 rings (SSSR count). The molecule has 0 fully saturated rings. The molecular formula is C16H21BrClN3. The lowest BCUT2D eigenvalue weighted by Crippen LogP contribution is -2.21. The Balaban J connectivity index is 2.28. The molecule has 1 aromatic heterocycles. The predicted molar refractivity (Wildman–Crippen MR) is 91.9 cm³/mol. The van der Waals surface area contributed by atoms with Crippen LogP contribution < -0.4 is 5.32 Å². The Kier molecular flexibility index (Phi) is 5.85. The van der Waals surface area contributed by atoms with Gasteiger partial charge in [0.05, 0.1) is 5.69 Å². The number of nitrogens with one attached hydrogen (secondary N) is 1. The molecular weight excluding hydrogens is 350 g/mol. The van der Waals surface area contributed by atoms with Crippen molar-refractivity contribution in [3.05, 3.63) is 50.7 Å². The highest BCUT2D eigenvalue weighted by atomic mass is 79.9. The molecule has 114 valence electrons. The number of rotatable bonds is 6. The van der Waals surface area contributed by atoms with E-state index in [2.05, 4.69) is 57.0 Å². The maximum Gasteiger partial charge on any atom is 0.0624 e. The summed E-state index contributed by atoms with van der Waals surface area (Å²) < 4.78 is 3.13. The van der Waals surface area contributed by atoms with Gasteiger partial charge in [-0.05, 0) is 44.2 Å². The van der Waals surface area contributed by atoms with Gasteiger partial charge in [-0.3, -0.25) is 4.68 Å². The minimum absolute atomic E-state index is 0.225. The van der Waals surface area contributed by atoms with Crippen LogP contribution in [0.1, 0.15) is 36.8 Å². The minimum Gasteiger partial charge on any atom is -0.313 e. The van der Waals surface area contributed by atoms with Crippen LogP contribution in [0.2, 0.25) is 5.02 Å². The van der Waals surface area contributed by atoms with Gasteiger partial charge in [-0.25, -0.2) is 0 Å². The number of likely N-dealkylation sites (N-methyl/N-ethyl adjacent to an activating group) is 1. The van der Waals surface area contributed by atoms with Crippen molar-refractivity contribution in [1.29, 1.82) is 0 Å². The molecule has 0 aliphatic heterocycles. The molecule has 0 aliphatic rings. The zero-order valence-electron chi connectivity index (χ0n) is 12.7. The summed E-state index contributed by atoms with van der Waals surface area (Å²) in [4.78, 5) is 0. The van der Waals surface area contributed by atoms with E-state index < -0.39 is 0 Å². The van der Waals surface area contributed by atoms with Crippen molar-refractivity contribution in [2.75, 3.05) is 7.05 Å². The van der Waals surface area contributed by atoms with E-state index in [-0.39, 0.29) is 6.04 Å². The summed E-state index contributed by atoms with van der Waals surface area (Å²) in [5.41, 5.74) is 3.62. The summed E-state index contributed by atoms with van der Waals surface area (Å²) in [7, 11) is 1.99. The van der Waals surface area contributed by atoms with Crippen LogP contribution in [0, 0.1) is 0 Å². The lowest BCUT2D eigenvalue weighted by atomic mass is 10.0. The first kappa shape index (κ1) is 16.5.